The van der Waals surface area contributed by atoms with E-state index in [0.717, 1.165) is 6.07 Å². The number of nitrogens with one attached hydrogen (secondary N) is 1. The molecule has 1 aromatic carbocycles. The van der Waals surface area contributed by atoms with E-state index in [-0.39, 0.29) is 11.1 Å². The molecule has 4 nitrogen and oxygen atoms in total. The van der Waals surface area contributed by atoms with Gasteiger partial charge in [-0.05, 0) is 12.1 Å². The van der Waals surface area contributed by atoms with Crippen molar-refractivity contribution in [2.24, 2.45) is 5.73 Å². The van der Waals surface area contributed by atoms with Crippen molar-refractivity contribution in [2.45, 2.75) is 5.92 Å². The lowest BCUT2D eigenvalue weighted by Gasteiger charge is -2.13. The first-order valence-electron chi connectivity index (χ1n) is 4.24. The maximum atomic E-state index is 13.2. The normalized spacial score (nSPS) is 12.2. The van der Waals surface area contributed by atoms with Crippen LogP contribution in [0.25, 0.3) is 11.1 Å². The molecule has 0 saturated heterocycles. The average Bonchev–Trinajstić information content (AvgIpc) is 2.56. The highest BCUT2D eigenvalue weighted by Crippen LogP contribution is 2.28. The van der Waals surface area contributed by atoms with E-state index in [1.807, 2.05) is 0 Å². The van der Waals surface area contributed by atoms with Crippen molar-refractivity contribution < 1.29 is 13.2 Å². The maximum Gasteiger partial charge on any atom is 0.417 e. The summed E-state index contributed by atoms with van der Waals surface area (Å²) in [7, 11) is 0. The van der Waals surface area contributed by atoms with Crippen LogP contribution in [0.5, 0.6) is 0 Å². The molecule has 0 amide bonds. The molecule has 0 aliphatic carbocycles. The van der Waals surface area contributed by atoms with Gasteiger partial charge in [-0.25, -0.2) is 4.79 Å². The Morgan fingerprint density at radius 3 is 2.87 bits per heavy atom. The summed E-state index contributed by atoms with van der Waals surface area (Å²) < 4.78 is 31.0. The van der Waals surface area contributed by atoms with Crippen LogP contribution >= 0.6 is 0 Å². The van der Waals surface area contributed by atoms with Crippen molar-refractivity contribution in [3.05, 3.63) is 34.3 Å². The summed E-state index contributed by atoms with van der Waals surface area (Å²) >= 11 is 0. The van der Waals surface area contributed by atoms with E-state index in [1.54, 1.807) is 0 Å². The van der Waals surface area contributed by atoms with Crippen molar-refractivity contribution in [3.63, 3.8) is 0 Å². The van der Waals surface area contributed by atoms with E-state index < -0.39 is 18.2 Å². The Morgan fingerprint density at radius 1 is 1.47 bits per heavy atom. The van der Waals surface area contributed by atoms with Gasteiger partial charge in [-0.1, -0.05) is 6.07 Å². The molecule has 0 aliphatic heterocycles. The van der Waals surface area contributed by atoms with Gasteiger partial charge in [0.05, 0.1) is 12.1 Å². The van der Waals surface area contributed by atoms with E-state index in [0.29, 0.717) is 5.52 Å². The SMILES string of the molecule is NCC(F)(F)c1ccc2[nH]c(=O)oc2c1. The van der Waals surface area contributed by atoms with Gasteiger partial charge < -0.3 is 10.2 Å². The molecule has 1 heterocycles. The van der Waals surface area contributed by atoms with Crippen LogP contribution in [0.3, 0.4) is 0 Å². The molecule has 6 heteroatoms. The fourth-order valence-corrected chi connectivity index (χ4v) is 1.29. The summed E-state index contributed by atoms with van der Waals surface area (Å²) in [5.74, 6) is -3.78. The fraction of sp³-hybridized carbons (Fsp3) is 0.222. The zero-order chi connectivity index (χ0) is 11.1. The Hall–Kier alpha value is -1.69. The average molecular weight is 214 g/mol. The fourth-order valence-electron chi connectivity index (χ4n) is 1.29. The second-order valence-corrected chi connectivity index (χ2v) is 3.13. The zero-order valence-corrected chi connectivity index (χ0v) is 7.59. The number of H-pyrrole nitrogens is 1. The van der Waals surface area contributed by atoms with Gasteiger partial charge in [-0.2, -0.15) is 8.78 Å². The lowest BCUT2D eigenvalue weighted by atomic mass is 10.1. The highest BCUT2D eigenvalue weighted by Gasteiger charge is 2.29. The Labute approximate surface area is 82.7 Å². The van der Waals surface area contributed by atoms with E-state index in [2.05, 4.69) is 9.40 Å². The highest BCUT2D eigenvalue weighted by atomic mass is 19.3. The first kappa shape index (κ1) is 9.85. The van der Waals surface area contributed by atoms with Crippen molar-refractivity contribution in [2.75, 3.05) is 6.54 Å². The molecule has 1 aromatic heterocycles. The lowest BCUT2D eigenvalue weighted by Crippen LogP contribution is -2.24. The lowest BCUT2D eigenvalue weighted by molar-refractivity contribution is 0.00601. The maximum absolute atomic E-state index is 13.2. The summed E-state index contributed by atoms with van der Waals surface area (Å²) in [6.07, 6.45) is 0. The predicted molar refractivity (Wildman–Crippen MR) is 49.8 cm³/mol. The van der Waals surface area contributed by atoms with E-state index in [9.17, 15) is 13.6 Å². The second-order valence-electron chi connectivity index (χ2n) is 3.13. The number of benzene rings is 1. The quantitative estimate of drug-likeness (QED) is 0.788. The van der Waals surface area contributed by atoms with Crippen molar-refractivity contribution >= 4 is 11.1 Å². The summed E-state index contributed by atoms with van der Waals surface area (Å²) in [5.41, 5.74) is 5.16. The van der Waals surface area contributed by atoms with Gasteiger partial charge >= 0.3 is 5.76 Å². The highest BCUT2D eigenvalue weighted by molar-refractivity contribution is 5.72. The monoisotopic (exact) mass is 214 g/mol. The van der Waals surface area contributed by atoms with Crippen molar-refractivity contribution in [1.82, 2.24) is 4.98 Å². The molecule has 0 atom stereocenters. The minimum absolute atomic E-state index is 0.102. The molecular formula is C9H8F2N2O2. The molecule has 0 fully saturated rings. The summed E-state index contributed by atoms with van der Waals surface area (Å²) in [6.45, 7) is -0.785. The number of fused-ring (bicyclic) bond motifs is 1. The Kier molecular flexibility index (Phi) is 2.08. The minimum Gasteiger partial charge on any atom is -0.408 e. The topological polar surface area (TPSA) is 72.0 Å². The van der Waals surface area contributed by atoms with Gasteiger partial charge in [0.15, 0.2) is 5.58 Å². The first-order chi connectivity index (χ1) is 7.03. The van der Waals surface area contributed by atoms with Crippen LogP contribution in [0.4, 0.5) is 8.78 Å². The molecule has 0 bridgehead atoms. The summed E-state index contributed by atoms with van der Waals surface area (Å²) in [4.78, 5) is 13.1. The molecular weight excluding hydrogens is 206 g/mol. The van der Waals surface area contributed by atoms with Gasteiger partial charge in [-0.3, -0.25) is 4.98 Å². The van der Waals surface area contributed by atoms with Crippen molar-refractivity contribution in [1.29, 1.82) is 0 Å². The predicted octanol–water partition coefficient (Wildman–Crippen LogP) is 1.17. The molecule has 0 spiro atoms. The van der Waals surface area contributed by atoms with Gasteiger partial charge in [0, 0.05) is 5.56 Å². The standard InChI is InChI=1S/C9H8F2N2O2/c10-9(11,4-12)5-1-2-6-7(3-5)15-8(14)13-6/h1-3H,4,12H2,(H,13,14). The molecule has 0 radical (unpaired) electrons. The van der Waals surface area contributed by atoms with Gasteiger partial charge in [0.1, 0.15) is 0 Å². The Balaban J connectivity index is 2.60. The number of oxazole rings is 1. The first-order valence-corrected chi connectivity index (χ1v) is 4.24. The number of aromatic amines is 1. The molecule has 80 valence electrons. The van der Waals surface area contributed by atoms with E-state index in [4.69, 9.17) is 5.73 Å². The molecule has 2 rings (SSSR count). The van der Waals surface area contributed by atoms with Crippen LogP contribution in [0.2, 0.25) is 0 Å². The number of rotatable bonds is 2. The Bertz CT molecular complexity index is 544. The van der Waals surface area contributed by atoms with Gasteiger partial charge in [0.2, 0.25) is 0 Å². The van der Waals surface area contributed by atoms with Crippen LogP contribution in [-0.4, -0.2) is 11.5 Å². The number of hydrogen-bond acceptors (Lipinski definition) is 3. The second kappa shape index (κ2) is 3.16. The number of aromatic nitrogens is 1. The number of nitrogens with two attached hydrogens (primary N) is 1. The zero-order valence-electron chi connectivity index (χ0n) is 7.59. The third kappa shape index (κ3) is 1.63. The van der Waals surface area contributed by atoms with Gasteiger partial charge in [0.25, 0.3) is 5.92 Å². The van der Waals surface area contributed by atoms with Crippen LogP contribution < -0.4 is 11.5 Å². The summed E-state index contributed by atoms with van der Waals surface area (Å²) in [6, 6.07) is 3.68. The van der Waals surface area contributed by atoms with Crippen molar-refractivity contribution in [3.8, 4) is 0 Å². The minimum atomic E-state index is -3.11. The van der Waals surface area contributed by atoms with Gasteiger partial charge in [-0.15, -0.1) is 0 Å². The largest absolute Gasteiger partial charge is 0.417 e. The molecule has 3 N–H and O–H groups in total. The summed E-state index contributed by atoms with van der Waals surface area (Å²) in [5, 5.41) is 0. The number of hydrogen-bond donors (Lipinski definition) is 2. The van der Waals surface area contributed by atoms with Crippen LogP contribution in [-0.2, 0) is 5.92 Å². The third-order valence-corrected chi connectivity index (χ3v) is 2.10. The molecule has 0 aliphatic rings. The molecule has 0 unspecified atom stereocenters. The smallest absolute Gasteiger partial charge is 0.408 e. The van der Waals surface area contributed by atoms with E-state index in [1.165, 1.54) is 12.1 Å². The molecule has 15 heavy (non-hydrogen) atoms. The van der Waals surface area contributed by atoms with Crippen LogP contribution in [0, 0.1) is 0 Å². The number of halogens is 2. The van der Waals surface area contributed by atoms with Crippen LogP contribution in [0.15, 0.2) is 27.4 Å². The van der Waals surface area contributed by atoms with Crippen LogP contribution in [0.1, 0.15) is 5.56 Å². The molecule has 2 aromatic rings. The Morgan fingerprint density at radius 2 is 2.20 bits per heavy atom. The third-order valence-electron chi connectivity index (χ3n) is 2.10. The van der Waals surface area contributed by atoms with E-state index >= 15 is 0 Å². The molecule has 0 saturated carbocycles. The number of alkyl halides is 2.